The van der Waals surface area contributed by atoms with Crippen molar-refractivity contribution < 1.29 is 14.3 Å². The van der Waals surface area contributed by atoms with Gasteiger partial charge in [-0.2, -0.15) is 0 Å². The van der Waals surface area contributed by atoms with Crippen molar-refractivity contribution in [3.05, 3.63) is 65.9 Å². The fraction of sp³-hybridized carbons (Fsp3) is 0.304. The van der Waals surface area contributed by atoms with Crippen molar-refractivity contribution in [1.29, 1.82) is 0 Å². The van der Waals surface area contributed by atoms with Gasteiger partial charge in [-0.05, 0) is 50.6 Å². The van der Waals surface area contributed by atoms with Crippen molar-refractivity contribution in [1.82, 2.24) is 14.5 Å². The average Bonchev–Trinajstić information content (AvgIpc) is 3.19. The quantitative estimate of drug-likeness (QED) is 0.649. The van der Waals surface area contributed by atoms with Crippen molar-refractivity contribution in [3.8, 4) is 5.69 Å². The molecule has 0 saturated heterocycles. The maximum atomic E-state index is 12.4. The number of fused-ring (bicyclic) bond motifs is 1. The van der Waals surface area contributed by atoms with Crippen LogP contribution in [0.2, 0.25) is 0 Å². The van der Waals surface area contributed by atoms with Crippen LogP contribution < -0.4 is 10.2 Å². The predicted molar refractivity (Wildman–Crippen MR) is 117 cm³/mol. The Balaban J connectivity index is 1.71. The number of nitrogens with zero attached hydrogens (tertiary/aromatic N) is 4. The van der Waals surface area contributed by atoms with Gasteiger partial charge < -0.3 is 19.5 Å². The van der Waals surface area contributed by atoms with E-state index in [0.29, 0.717) is 11.4 Å². The lowest BCUT2D eigenvalue weighted by Crippen LogP contribution is -2.43. The second kappa shape index (κ2) is 8.22. The molecule has 0 radical (unpaired) electrons. The number of imidazole rings is 1. The number of aromatic nitrogens is 3. The average molecular weight is 419 g/mol. The van der Waals surface area contributed by atoms with Gasteiger partial charge in [0.25, 0.3) is 0 Å². The van der Waals surface area contributed by atoms with Gasteiger partial charge in [0.15, 0.2) is 0 Å². The van der Waals surface area contributed by atoms with Crippen LogP contribution in [0.4, 0.5) is 11.5 Å². The highest BCUT2D eigenvalue weighted by atomic mass is 16.5. The maximum absolute atomic E-state index is 12.4. The number of ether oxygens (including phenoxy) is 1. The lowest BCUT2D eigenvalue weighted by Gasteiger charge is -2.39. The number of benzene rings is 1. The second-order valence-electron chi connectivity index (χ2n) is 7.76. The summed E-state index contributed by atoms with van der Waals surface area (Å²) in [5.41, 5.74) is 4.19. The van der Waals surface area contributed by atoms with Gasteiger partial charge in [0, 0.05) is 42.3 Å². The third kappa shape index (κ3) is 4.01. The van der Waals surface area contributed by atoms with E-state index in [9.17, 15) is 9.59 Å². The van der Waals surface area contributed by atoms with Crippen LogP contribution >= 0.6 is 0 Å². The van der Waals surface area contributed by atoms with Gasteiger partial charge in [0.2, 0.25) is 5.91 Å². The van der Waals surface area contributed by atoms with Crippen LogP contribution in [0.5, 0.6) is 0 Å². The molecule has 1 aromatic carbocycles. The molecular formula is C23H25N5O3. The number of anilines is 2. The summed E-state index contributed by atoms with van der Waals surface area (Å²) in [5, 5.41) is 3.47. The number of amides is 1. The Labute approximate surface area is 180 Å². The summed E-state index contributed by atoms with van der Waals surface area (Å²) >= 11 is 0. The van der Waals surface area contributed by atoms with Gasteiger partial charge >= 0.3 is 5.97 Å². The molecule has 2 unspecified atom stereocenters. The number of nitrogens with one attached hydrogen (secondary N) is 1. The number of aryl methyl sites for hydroxylation is 1. The number of hydrogen-bond acceptors (Lipinski definition) is 6. The Kier molecular flexibility index (Phi) is 5.46. The van der Waals surface area contributed by atoms with Crippen molar-refractivity contribution in [3.63, 3.8) is 0 Å². The van der Waals surface area contributed by atoms with Crippen LogP contribution in [0.3, 0.4) is 0 Å². The fourth-order valence-electron chi connectivity index (χ4n) is 4.09. The van der Waals surface area contributed by atoms with Gasteiger partial charge in [-0.3, -0.25) is 4.79 Å². The van der Waals surface area contributed by atoms with E-state index < -0.39 is 5.97 Å². The van der Waals surface area contributed by atoms with Crippen molar-refractivity contribution in [2.45, 2.75) is 39.3 Å². The normalized spacial score (nSPS) is 17.7. The van der Waals surface area contributed by atoms with E-state index in [0.717, 1.165) is 29.1 Å². The fourth-order valence-corrected chi connectivity index (χ4v) is 4.09. The molecule has 160 valence electrons. The lowest BCUT2D eigenvalue weighted by molar-refractivity contribution is -0.117. The first-order valence-electron chi connectivity index (χ1n) is 10.1. The number of methoxy groups -OCH3 is 1. The maximum Gasteiger partial charge on any atom is 0.339 e. The minimum atomic E-state index is -0.423. The number of hydrogen-bond donors (Lipinski definition) is 1. The Morgan fingerprint density at radius 1 is 1.19 bits per heavy atom. The van der Waals surface area contributed by atoms with E-state index >= 15 is 0 Å². The number of rotatable bonds is 4. The monoisotopic (exact) mass is 419 g/mol. The largest absolute Gasteiger partial charge is 0.465 e. The van der Waals surface area contributed by atoms with Crippen LogP contribution in [0.1, 0.15) is 47.9 Å². The molecule has 2 aromatic heterocycles. The molecule has 8 heteroatoms. The van der Waals surface area contributed by atoms with Gasteiger partial charge in [-0.15, -0.1) is 0 Å². The van der Waals surface area contributed by atoms with Crippen LogP contribution in [0.15, 0.2) is 49.1 Å². The third-order valence-electron chi connectivity index (χ3n) is 5.52. The van der Waals surface area contributed by atoms with Crippen molar-refractivity contribution in [2.24, 2.45) is 0 Å². The van der Waals surface area contributed by atoms with Crippen LogP contribution in [0, 0.1) is 6.92 Å². The minimum absolute atomic E-state index is 0.0129. The van der Waals surface area contributed by atoms with Crippen molar-refractivity contribution >= 4 is 23.4 Å². The molecule has 8 nitrogen and oxygen atoms in total. The van der Waals surface area contributed by atoms with Crippen LogP contribution in [0.25, 0.3) is 5.69 Å². The molecule has 0 aliphatic carbocycles. The van der Waals surface area contributed by atoms with E-state index in [2.05, 4.69) is 21.4 Å². The molecule has 1 amide bonds. The Morgan fingerprint density at radius 3 is 2.61 bits per heavy atom. The number of carbonyl (C=O) groups excluding carboxylic acids is 2. The van der Waals surface area contributed by atoms with Gasteiger partial charge in [0.05, 0.1) is 30.7 Å². The molecule has 1 aliphatic heterocycles. The molecule has 0 bridgehead atoms. The summed E-state index contributed by atoms with van der Waals surface area (Å²) in [7, 11) is 1.34. The van der Waals surface area contributed by atoms with Crippen molar-refractivity contribution in [2.75, 3.05) is 17.3 Å². The number of esters is 1. The number of carbonyl (C=O) groups is 2. The summed E-state index contributed by atoms with van der Waals surface area (Å²) in [4.78, 5) is 34.5. The summed E-state index contributed by atoms with van der Waals surface area (Å²) < 4.78 is 6.70. The molecule has 1 aliphatic rings. The van der Waals surface area contributed by atoms with Gasteiger partial charge in [-0.25, -0.2) is 14.8 Å². The van der Waals surface area contributed by atoms with E-state index in [4.69, 9.17) is 4.74 Å². The van der Waals surface area contributed by atoms with E-state index in [1.807, 2.05) is 41.6 Å². The highest BCUT2D eigenvalue weighted by molar-refractivity contribution is 5.94. The summed E-state index contributed by atoms with van der Waals surface area (Å²) in [5.74, 6) is 0.239. The Bertz CT molecular complexity index is 1120. The molecule has 4 rings (SSSR count). The smallest absolute Gasteiger partial charge is 0.339 e. The van der Waals surface area contributed by atoms with E-state index in [1.54, 1.807) is 25.4 Å². The summed E-state index contributed by atoms with van der Waals surface area (Å²) in [6, 6.07) is 9.48. The van der Waals surface area contributed by atoms with Crippen LogP contribution in [-0.2, 0) is 9.53 Å². The summed E-state index contributed by atoms with van der Waals surface area (Å²) in [6.45, 7) is 5.58. The van der Waals surface area contributed by atoms with E-state index in [-0.39, 0.29) is 18.0 Å². The highest BCUT2D eigenvalue weighted by Crippen LogP contribution is 2.40. The zero-order chi connectivity index (χ0) is 22.1. The Morgan fingerprint density at radius 2 is 2.00 bits per heavy atom. The zero-order valence-electron chi connectivity index (χ0n) is 18.0. The topological polar surface area (TPSA) is 89.4 Å². The molecule has 3 heterocycles. The molecule has 31 heavy (non-hydrogen) atoms. The van der Waals surface area contributed by atoms with Gasteiger partial charge in [-0.1, -0.05) is 0 Å². The predicted octanol–water partition coefficient (Wildman–Crippen LogP) is 3.66. The second-order valence-corrected chi connectivity index (χ2v) is 7.76. The standard InChI is InChI=1S/C23H25N5O3/c1-14-12-27(13-25-14)18-6-7-21-19(10-18)20(9-15(2)28(21)16(3)29)26-22-8-5-17(11-24-22)23(30)31-4/h5-8,10-13,15,20H,9H2,1-4H3,(H,24,26). The molecule has 0 fully saturated rings. The molecular weight excluding hydrogens is 394 g/mol. The summed E-state index contributed by atoms with van der Waals surface area (Å²) in [6.07, 6.45) is 5.96. The third-order valence-corrected chi connectivity index (χ3v) is 5.52. The van der Waals surface area contributed by atoms with E-state index in [1.165, 1.54) is 13.3 Å². The molecule has 0 saturated carbocycles. The first-order valence-corrected chi connectivity index (χ1v) is 10.1. The lowest BCUT2D eigenvalue weighted by atomic mass is 9.91. The highest BCUT2D eigenvalue weighted by Gasteiger charge is 2.33. The molecule has 2 atom stereocenters. The first kappa shape index (κ1) is 20.6. The molecule has 0 spiro atoms. The SMILES string of the molecule is COC(=O)c1ccc(NC2CC(C)N(C(C)=O)c3ccc(-n4cnc(C)c4)cc32)nc1. The van der Waals surface area contributed by atoms with Crippen LogP contribution in [-0.4, -0.2) is 39.6 Å². The minimum Gasteiger partial charge on any atom is -0.465 e. The zero-order valence-corrected chi connectivity index (χ0v) is 18.0. The number of pyridine rings is 1. The Hall–Kier alpha value is -3.68. The molecule has 1 N–H and O–H groups in total. The molecule has 3 aromatic rings. The first-order chi connectivity index (χ1) is 14.9. The van der Waals surface area contributed by atoms with Gasteiger partial charge in [0.1, 0.15) is 5.82 Å².